The normalized spacial score (nSPS) is 11.2. The number of alkyl halides is 3. The van der Waals surface area contributed by atoms with Crippen LogP contribution in [0.15, 0.2) is 91.0 Å². The van der Waals surface area contributed by atoms with Crippen molar-refractivity contribution in [3.05, 3.63) is 108 Å². The molecule has 36 heavy (non-hydrogen) atoms. The van der Waals surface area contributed by atoms with Gasteiger partial charge in [0.25, 0.3) is 0 Å². The van der Waals surface area contributed by atoms with Gasteiger partial charge in [-0.05, 0) is 40.5 Å². The SMILES string of the molecule is NCc1ccc(OCC(F)(F)F)cc1-c1ccc(OCc2ccccc2)nc1OCc1ccccc1. The second kappa shape index (κ2) is 11.6. The summed E-state index contributed by atoms with van der Waals surface area (Å²) in [6.45, 7) is -0.666. The molecular weight excluding hydrogens is 469 g/mol. The molecule has 0 aliphatic heterocycles. The first-order valence-electron chi connectivity index (χ1n) is 11.3. The van der Waals surface area contributed by atoms with Crippen LogP contribution in [0.3, 0.4) is 0 Å². The van der Waals surface area contributed by atoms with Crippen LogP contribution in [-0.2, 0) is 19.8 Å². The Labute approximate surface area is 207 Å². The highest BCUT2D eigenvalue weighted by molar-refractivity contribution is 5.73. The molecule has 4 rings (SSSR count). The maximum absolute atomic E-state index is 12.7. The molecule has 8 heteroatoms. The lowest BCUT2D eigenvalue weighted by Crippen LogP contribution is -2.19. The molecule has 0 aliphatic carbocycles. The summed E-state index contributed by atoms with van der Waals surface area (Å²) in [7, 11) is 0. The molecule has 4 aromatic rings. The molecule has 3 aromatic carbocycles. The molecule has 0 atom stereocenters. The highest BCUT2D eigenvalue weighted by Crippen LogP contribution is 2.36. The smallest absolute Gasteiger partial charge is 0.422 e. The average molecular weight is 495 g/mol. The minimum atomic E-state index is -4.45. The van der Waals surface area contributed by atoms with E-state index in [0.29, 0.717) is 29.2 Å². The summed E-state index contributed by atoms with van der Waals surface area (Å²) in [5, 5.41) is 0. The molecule has 1 aromatic heterocycles. The molecule has 0 saturated carbocycles. The summed E-state index contributed by atoms with van der Waals surface area (Å²) in [4.78, 5) is 4.56. The van der Waals surface area contributed by atoms with Crippen LogP contribution in [-0.4, -0.2) is 17.8 Å². The van der Waals surface area contributed by atoms with Crippen LogP contribution in [0.4, 0.5) is 13.2 Å². The number of nitrogens with zero attached hydrogens (tertiary/aromatic N) is 1. The third-order valence-corrected chi connectivity index (χ3v) is 5.28. The Morgan fingerprint density at radius 3 is 1.94 bits per heavy atom. The molecule has 0 saturated heterocycles. The quantitative estimate of drug-likeness (QED) is 0.280. The van der Waals surface area contributed by atoms with Crippen molar-refractivity contribution in [3.8, 4) is 28.6 Å². The Kier molecular flexibility index (Phi) is 8.07. The van der Waals surface area contributed by atoms with Gasteiger partial charge in [-0.15, -0.1) is 0 Å². The second-order valence-electron chi connectivity index (χ2n) is 7.98. The number of ether oxygens (including phenoxy) is 3. The van der Waals surface area contributed by atoms with Crippen LogP contribution in [0.25, 0.3) is 11.1 Å². The third kappa shape index (κ3) is 6.99. The van der Waals surface area contributed by atoms with Crippen molar-refractivity contribution < 1.29 is 27.4 Å². The number of benzene rings is 3. The van der Waals surface area contributed by atoms with Gasteiger partial charge in [0.1, 0.15) is 19.0 Å². The molecule has 5 nitrogen and oxygen atoms in total. The topological polar surface area (TPSA) is 66.6 Å². The Hall–Kier alpha value is -4.04. The van der Waals surface area contributed by atoms with Crippen molar-refractivity contribution in [3.63, 3.8) is 0 Å². The summed E-state index contributed by atoms with van der Waals surface area (Å²) in [5.74, 6) is 0.689. The summed E-state index contributed by atoms with van der Waals surface area (Å²) in [6.07, 6.45) is -4.45. The summed E-state index contributed by atoms with van der Waals surface area (Å²) < 4.78 is 55.0. The first-order chi connectivity index (χ1) is 17.4. The van der Waals surface area contributed by atoms with E-state index in [0.717, 1.165) is 11.1 Å². The monoisotopic (exact) mass is 494 g/mol. The van der Waals surface area contributed by atoms with Crippen LogP contribution >= 0.6 is 0 Å². The Balaban J connectivity index is 1.65. The van der Waals surface area contributed by atoms with Crippen molar-refractivity contribution in [2.75, 3.05) is 6.61 Å². The van der Waals surface area contributed by atoms with Crippen LogP contribution in [0.5, 0.6) is 17.5 Å². The van der Waals surface area contributed by atoms with E-state index in [1.165, 1.54) is 12.1 Å². The second-order valence-corrected chi connectivity index (χ2v) is 7.98. The highest BCUT2D eigenvalue weighted by Gasteiger charge is 2.28. The largest absolute Gasteiger partial charge is 0.484 e. The van der Waals surface area contributed by atoms with E-state index in [1.54, 1.807) is 18.2 Å². The predicted octanol–water partition coefficient (Wildman–Crippen LogP) is 6.31. The molecule has 186 valence electrons. The minimum Gasteiger partial charge on any atom is -0.484 e. The number of halogens is 3. The molecule has 0 spiro atoms. The Morgan fingerprint density at radius 1 is 0.694 bits per heavy atom. The van der Waals surface area contributed by atoms with E-state index in [-0.39, 0.29) is 24.8 Å². The molecule has 0 fully saturated rings. The average Bonchev–Trinajstić information content (AvgIpc) is 2.90. The first-order valence-corrected chi connectivity index (χ1v) is 11.3. The van der Waals surface area contributed by atoms with Gasteiger partial charge in [0.15, 0.2) is 6.61 Å². The van der Waals surface area contributed by atoms with Gasteiger partial charge in [-0.25, -0.2) is 0 Å². The van der Waals surface area contributed by atoms with E-state index in [2.05, 4.69) is 4.98 Å². The highest BCUT2D eigenvalue weighted by atomic mass is 19.4. The van der Waals surface area contributed by atoms with Gasteiger partial charge in [0.05, 0.1) is 0 Å². The lowest BCUT2D eigenvalue weighted by molar-refractivity contribution is -0.153. The van der Waals surface area contributed by atoms with E-state index < -0.39 is 12.8 Å². The van der Waals surface area contributed by atoms with Crippen LogP contribution < -0.4 is 19.9 Å². The first kappa shape index (κ1) is 25.1. The maximum Gasteiger partial charge on any atom is 0.422 e. The molecule has 0 amide bonds. The van der Waals surface area contributed by atoms with Gasteiger partial charge >= 0.3 is 6.18 Å². The number of hydrogen-bond acceptors (Lipinski definition) is 5. The van der Waals surface area contributed by atoms with Gasteiger partial charge in [0, 0.05) is 18.2 Å². The molecule has 0 radical (unpaired) electrons. The van der Waals surface area contributed by atoms with Gasteiger partial charge in [-0.1, -0.05) is 66.7 Å². The standard InChI is InChI=1S/C28H25F3N2O3/c29-28(30,31)19-36-23-12-11-22(16-32)25(15-23)24-13-14-26(34-17-20-7-3-1-4-8-20)33-27(24)35-18-21-9-5-2-6-10-21/h1-15H,16-19,32H2. The van der Waals surface area contributed by atoms with Gasteiger partial charge in [-0.2, -0.15) is 18.2 Å². The molecule has 0 aliphatic rings. The Morgan fingerprint density at radius 2 is 1.33 bits per heavy atom. The fraction of sp³-hybridized carbons (Fsp3) is 0.179. The third-order valence-electron chi connectivity index (χ3n) is 5.28. The maximum atomic E-state index is 12.7. The fourth-order valence-corrected chi connectivity index (χ4v) is 3.52. The molecule has 1 heterocycles. The van der Waals surface area contributed by atoms with Crippen molar-refractivity contribution in [2.45, 2.75) is 25.9 Å². The van der Waals surface area contributed by atoms with Crippen molar-refractivity contribution in [2.24, 2.45) is 5.73 Å². The number of pyridine rings is 1. The zero-order chi connectivity index (χ0) is 25.4. The lowest BCUT2D eigenvalue weighted by Gasteiger charge is -2.17. The molecule has 0 bridgehead atoms. The van der Waals surface area contributed by atoms with Gasteiger partial charge in [0.2, 0.25) is 11.8 Å². The van der Waals surface area contributed by atoms with Gasteiger partial charge in [-0.3, -0.25) is 0 Å². The minimum absolute atomic E-state index is 0.0675. The van der Waals surface area contributed by atoms with Crippen LogP contribution in [0.2, 0.25) is 0 Å². The van der Waals surface area contributed by atoms with Crippen molar-refractivity contribution in [1.29, 1.82) is 0 Å². The number of nitrogens with two attached hydrogens (primary N) is 1. The van der Waals surface area contributed by atoms with Crippen LogP contribution in [0.1, 0.15) is 16.7 Å². The van der Waals surface area contributed by atoms with E-state index in [4.69, 9.17) is 19.9 Å². The number of rotatable bonds is 10. The number of aromatic nitrogens is 1. The Bertz CT molecular complexity index is 1270. The van der Waals surface area contributed by atoms with Crippen LogP contribution in [0, 0.1) is 0 Å². The lowest BCUT2D eigenvalue weighted by atomic mass is 10.00. The van der Waals surface area contributed by atoms with Crippen molar-refractivity contribution in [1.82, 2.24) is 4.98 Å². The zero-order valence-electron chi connectivity index (χ0n) is 19.4. The summed E-state index contributed by atoms with van der Waals surface area (Å²) >= 11 is 0. The van der Waals surface area contributed by atoms with Crippen molar-refractivity contribution >= 4 is 0 Å². The predicted molar refractivity (Wildman–Crippen MR) is 131 cm³/mol. The molecule has 2 N–H and O–H groups in total. The molecule has 0 unspecified atom stereocenters. The zero-order valence-corrected chi connectivity index (χ0v) is 19.4. The van der Waals surface area contributed by atoms with Gasteiger partial charge < -0.3 is 19.9 Å². The molecular formula is C28H25F3N2O3. The number of hydrogen-bond donors (Lipinski definition) is 1. The van der Waals surface area contributed by atoms with E-state index in [9.17, 15) is 13.2 Å². The van der Waals surface area contributed by atoms with E-state index in [1.807, 2.05) is 60.7 Å². The fourth-order valence-electron chi connectivity index (χ4n) is 3.52. The summed E-state index contributed by atoms with van der Waals surface area (Å²) in [5.41, 5.74) is 9.69. The summed E-state index contributed by atoms with van der Waals surface area (Å²) in [6, 6.07) is 27.3. The van der Waals surface area contributed by atoms with E-state index >= 15 is 0 Å².